The maximum atomic E-state index is 12.3. The molecule has 5 nitrogen and oxygen atoms in total. The molecule has 2 aromatic rings. The predicted molar refractivity (Wildman–Crippen MR) is 79.4 cm³/mol. The lowest BCUT2D eigenvalue weighted by Gasteiger charge is -2.21. The van der Waals surface area contributed by atoms with Gasteiger partial charge in [-0.25, -0.2) is 4.79 Å². The molecular weight excluding hydrogens is 270 g/mol. The molecule has 0 aliphatic rings. The number of carbonyl (C=O) groups excluding carboxylic acids is 2. The van der Waals surface area contributed by atoms with Gasteiger partial charge in [-0.15, -0.1) is 0 Å². The Balaban J connectivity index is 2.07. The summed E-state index contributed by atoms with van der Waals surface area (Å²) in [5.41, 5.74) is 0.0389. The van der Waals surface area contributed by atoms with E-state index in [1.165, 1.54) is 0 Å². The third-order valence-corrected chi connectivity index (χ3v) is 2.79. The van der Waals surface area contributed by atoms with Crippen molar-refractivity contribution >= 4 is 22.8 Å². The quantitative estimate of drug-likeness (QED) is 0.878. The van der Waals surface area contributed by atoms with Gasteiger partial charge in [-0.05, 0) is 39.8 Å². The number of alkyl carbamates (subject to hydrolysis) is 1. The average Bonchev–Trinajstić information content (AvgIpc) is 2.78. The molecule has 1 unspecified atom stereocenters. The van der Waals surface area contributed by atoms with Gasteiger partial charge in [-0.3, -0.25) is 4.79 Å². The number of benzene rings is 1. The SMILES string of the molecule is CC(NC(=O)OC(C)(C)C)C(=O)c1cc2ccccc2o1. The van der Waals surface area contributed by atoms with Gasteiger partial charge in [-0.1, -0.05) is 18.2 Å². The summed E-state index contributed by atoms with van der Waals surface area (Å²) < 4.78 is 10.6. The molecule has 1 N–H and O–H groups in total. The normalized spacial score (nSPS) is 13.0. The Kier molecular flexibility index (Phi) is 4.02. The number of rotatable bonds is 3. The highest BCUT2D eigenvalue weighted by molar-refractivity contribution is 6.01. The molecule has 0 radical (unpaired) electrons. The number of carbonyl (C=O) groups is 2. The predicted octanol–water partition coefficient (Wildman–Crippen LogP) is 3.53. The van der Waals surface area contributed by atoms with Crippen molar-refractivity contribution in [1.29, 1.82) is 0 Å². The standard InChI is InChI=1S/C16H19NO4/c1-10(17-15(19)21-16(2,3)4)14(18)13-9-11-7-5-6-8-12(11)20-13/h5-10H,1-4H3,(H,17,19). The highest BCUT2D eigenvalue weighted by Crippen LogP contribution is 2.20. The van der Waals surface area contributed by atoms with Gasteiger partial charge in [0.15, 0.2) is 5.76 Å². The molecule has 2 rings (SSSR count). The summed E-state index contributed by atoms with van der Waals surface area (Å²) in [6.45, 7) is 6.88. The molecule has 21 heavy (non-hydrogen) atoms. The van der Waals surface area contributed by atoms with Gasteiger partial charge >= 0.3 is 6.09 Å². The van der Waals surface area contributed by atoms with Crippen LogP contribution in [0.1, 0.15) is 38.2 Å². The number of ether oxygens (including phenoxy) is 1. The van der Waals surface area contributed by atoms with Crippen LogP contribution in [0.3, 0.4) is 0 Å². The summed E-state index contributed by atoms with van der Waals surface area (Å²) in [6, 6.07) is 8.31. The van der Waals surface area contributed by atoms with Crippen molar-refractivity contribution in [3.05, 3.63) is 36.1 Å². The summed E-state index contributed by atoms with van der Waals surface area (Å²) >= 11 is 0. The van der Waals surface area contributed by atoms with Crippen LogP contribution in [0.15, 0.2) is 34.7 Å². The van der Waals surface area contributed by atoms with Gasteiger partial charge in [-0.2, -0.15) is 0 Å². The van der Waals surface area contributed by atoms with Gasteiger partial charge in [0.1, 0.15) is 11.2 Å². The molecule has 1 atom stereocenters. The summed E-state index contributed by atoms with van der Waals surface area (Å²) in [4.78, 5) is 23.9. The minimum absolute atomic E-state index is 0.222. The summed E-state index contributed by atoms with van der Waals surface area (Å²) in [5, 5.41) is 3.36. The lowest BCUT2D eigenvalue weighted by Crippen LogP contribution is -2.41. The summed E-state index contributed by atoms with van der Waals surface area (Å²) in [5.74, 6) is -0.0724. The molecule has 0 saturated carbocycles. The van der Waals surface area contributed by atoms with Crippen LogP contribution < -0.4 is 5.32 Å². The molecule has 0 spiro atoms. The Labute approximate surface area is 123 Å². The van der Waals surface area contributed by atoms with Crippen molar-refractivity contribution < 1.29 is 18.7 Å². The number of para-hydroxylation sites is 1. The van der Waals surface area contributed by atoms with Crippen LogP contribution in [-0.4, -0.2) is 23.5 Å². The monoisotopic (exact) mass is 289 g/mol. The summed E-state index contributed by atoms with van der Waals surface area (Å²) in [7, 11) is 0. The van der Waals surface area contributed by atoms with E-state index >= 15 is 0 Å². The third kappa shape index (κ3) is 3.84. The summed E-state index contributed by atoms with van der Waals surface area (Å²) in [6.07, 6.45) is -0.625. The van der Waals surface area contributed by atoms with Crippen molar-refractivity contribution in [3.8, 4) is 0 Å². The van der Waals surface area contributed by atoms with Gasteiger partial charge in [0.2, 0.25) is 5.78 Å². The van der Waals surface area contributed by atoms with Crippen molar-refractivity contribution in [3.63, 3.8) is 0 Å². The van der Waals surface area contributed by atoms with Gasteiger partial charge in [0.05, 0.1) is 6.04 Å². The van der Waals surface area contributed by atoms with E-state index in [1.54, 1.807) is 39.8 Å². The van der Waals surface area contributed by atoms with E-state index in [0.29, 0.717) is 5.58 Å². The van der Waals surface area contributed by atoms with Crippen LogP contribution >= 0.6 is 0 Å². The Morgan fingerprint density at radius 2 is 1.90 bits per heavy atom. The van der Waals surface area contributed by atoms with Crippen molar-refractivity contribution in [2.24, 2.45) is 0 Å². The van der Waals surface area contributed by atoms with E-state index in [0.717, 1.165) is 5.39 Å². The van der Waals surface area contributed by atoms with E-state index in [9.17, 15) is 9.59 Å². The van der Waals surface area contributed by atoms with Gasteiger partial charge in [0, 0.05) is 5.39 Å². The smallest absolute Gasteiger partial charge is 0.408 e. The molecule has 1 aromatic carbocycles. The van der Waals surface area contributed by atoms with Crippen molar-refractivity contribution in [2.75, 3.05) is 0 Å². The van der Waals surface area contributed by atoms with Crippen LogP contribution in [0, 0.1) is 0 Å². The molecular formula is C16H19NO4. The molecule has 0 aliphatic heterocycles. The molecule has 1 aromatic heterocycles. The first kappa shape index (κ1) is 15.1. The lowest BCUT2D eigenvalue weighted by molar-refractivity contribution is 0.0495. The number of amides is 1. The fraction of sp³-hybridized carbons (Fsp3) is 0.375. The minimum atomic E-state index is -0.722. The van der Waals surface area contributed by atoms with Crippen LogP contribution in [-0.2, 0) is 4.74 Å². The number of fused-ring (bicyclic) bond motifs is 1. The minimum Gasteiger partial charge on any atom is -0.453 e. The molecule has 0 fully saturated rings. The van der Waals surface area contributed by atoms with E-state index in [1.807, 2.05) is 18.2 Å². The molecule has 0 aliphatic carbocycles. The van der Waals surface area contributed by atoms with Gasteiger partial charge in [0.25, 0.3) is 0 Å². The Bertz CT molecular complexity index is 633. The number of ketones is 1. The number of furan rings is 1. The first-order chi connectivity index (χ1) is 9.76. The lowest BCUT2D eigenvalue weighted by atomic mass is 10.1. The largest absolute Gasteiger partial charge is 0.453 e. The number of Topliss-reactive ketones (excluding diaryl/α,β-unsaturated/α-hetero) is 1. The molecule has 112 valence electrons. The van der Waals surface area contributed by atoms with E-state index < -0.39 is 17.7 Å². The number of nitrogens with one attached hydrogen (secondary N) is 1. The Hall–Kier alpha value is -2.30. The van der Waals surface area contributed by atoms with Crippen molar-refractivity contribution in [2.45, 2.75) is 39.3 Å². The third-order valence-electron chi connectivity index (χ3n) is 2.79. The Morgan fingerprint density at radius 3 is 2.52 bits per heavy atom. The first-order valence-electron chi connectivity index (χ1n) is 6.78. The Morgan fingerprint density at radius 1 is 1.24 bits per heavy atom. The van der Waals surface area contributed by atoms with Crippen LogP contribution in [0.25, 0.3) is 11.0 Å². The number of hydrogen-bond acceptors (Lipinski definition) is 4. The molecule has 5 heteroatoms. The zero-order valence-corrected chi connectivity index (χ0v) is 12.6. The van der Waals surface area contributed by atoms with Crippen LogP contribution in [0.2, 0.25) is 0 Å². The molecule has 0 bridgehead atoms. The topological polar surface area (TPSA) is 68.5 Å². The molecule has 1 amide bonds. The fourth-order valence-electron chi connectivity index (χ4n) is 1.87. The van der Waals surface area contributed by atoms with Crippen molar-refractivity contribution in [1.82, 2.24) is 5.32 Å². The van der Waals surface area contributed by atoms with E-state index in [2.05, 4.69) is 5.32 Å². The van der Waals surface area contributed by atoms with Crippen LogP contribution in [0.5, 0.6) is 0 Å². The second-order valence-corrected chi connectivity index (χ2v) is 5.88. The second kappa shape index (κ2) is 5.60. The van der Waals surface area contributed by atoms with Gasteiger partial charge < -0.3 is 14.5 Å². The maximum absolute atomic E-state index is 12.3. The fourth-order valence-corrected chi connectivity index (χ4v) is 1.87. The van der Waals surface area contributed by atoms with E-state index in [-0.39, 0.29) is 11.5 Å². The zero-order chi connectivity index (χ0) is 15.6. The van der Waals surface area contributed by atoms with E-state index in [4.69, 9.17) is 9.15 Å². The highest BCUT2D eigenvalue weighted by atomic mass is 16.6. The molecule has 1 heterocycles. The average molecular weight is 289 g/mol. The first-order valence-corrected chi connectivity index (χ1v) is 6.78. The highest BCUT2D eigenvalue weighted by Gasteiger charge is 2.23. The zero-order valence-electron chi connectivity index (χ0n) is 12.6. The second-order valence-electron chi connectivity index (χ2n) is 5.88. The number of hydrogen-bond donors (Lipinski definition) is 1. The molecule has 0 saturated heterocycles. The maximum Gasteiger partial charge on any atom is 0.408 e. The van der Waals surface area contributed by atoms with Crippen LogP contribution in [0.4, 0.5) is 4.79 Å².